The fourth-order valence-electron chi connectivity index (χ4n) is 2.58. The van der Waals surface area contributed by atoms with E-state index in [4.69, 9.17) is 4.74 Å². The first-order valence-electron chi connectivity index (χ1n) is 7.34. The molecule has 0 radical (unpaired) electrons. The first-order valence-corrected chi connectivity index (χ1v) is 7.34. The van der Waals surface area contributed by atoms with E-state index in [0.717, 1.165) is 12.8 Å². The number of hydrogen-bond acceptors (Lipinski definition) is 3. The summed E-state index contributed by atoms with van der Waals surface area (Å²) in [4.78, 5) is 18.1. The van der Waals surface area contributed by atoms with Crippen LogP contribution in [0.2, 0.25) is 0 Å². The molecule has 1 aromatic carbocycles. The number of hydrogen-bond donors (Lipinski definition) is 0. The Kier molecular flexibility index (Phi) is 4.32. The fraction of sp³-hybridized carbons (Fsp3) is 0.294. The van der Waals surface area contributed by atoms with Gasteiger partial charge in [0.2, 0.25) is 0 Å². The van der Waals surface area contributed by atoms with E-state index in [0.29, 0.717) is 24.4 Å². The van der Waals surface area contributed by atoms with E-state index in [1.54, 1.807) is 36.7 Å². The SMILES string of the molecule is O=C(c1cccnc1)N1CCC(Oc2cccc(F)c2)CC1. The molecule has 0 N–H and O–H groups in total. The van der Waals surface area contributed by atoms with Gasteiger partial charge in [-0.25, -0.2) is 4.39 Å². The summed E-state index contributed by atoms with van der Waals surface area (Å²) in [7, 11) is 0. The van der Waals surface area contributed by atoms with Crippen molar-refractivity contribution < 1.29 is 13.9 Å². The number of rotatable bonds is 3. The van der Waals surface area contributed by atoms with Gasteiger partial charge in [0, 0.05) is 44.4 Å². The molecule has 4 nitrogen and oxygen atoms in total. The quantitative estimate of drug-likeness (QED) is 0.875. The van der Waals surface area contributed by atoms with Crippen molar-refractivity contribution in [2.24, 2.45) is 0 Å². The monoisotopic (exact) mass is 300 g/mol. The number of aromatic nitrogens is 1. The summed E-state index contributed by atoms with van der Waals surface area (Å²) in [6.45, 7) is 1.27. The Labute approximate surface area is 128 Å². The number of carbonyl (C=O) groups is 1. The molecule has 5 heteroatoms. The van der Waals surface area contributed by atoms with Crippen LogP contribution in [0, 0.1) is 5.82 Å². The molecule has 0 saturated carbocycles. The number of ether oxygens (including phenoxy) is 1. The van der Waals surface area contributed by atoms with Crippen molar-refractivity contribution in [3.05, 3.63) is 60.2 Å². The largest absolute Gasteiger partial charge is 0.490 e. The zero-order valence-electron chi connectivity index (χ0n) is 12.1. The van der Waals surface area contributed by atoms with Gasteiger partial charge in [0.05, 0.1) is 5.56 Å². The molecule has 2 aromatic rings. The highest BCUT2D eigenvalue weighted by atomic mass is 19.1. The predicted octanol–water partition coefficient (Wildman–Crippen LogP) is 2.90. The van der Waals surface area contributed by atoms with Gasteiger partial charge in [-0.15, -0.1) is 0 Å². The van der Waals surface area contributed by atoms with Gasteiger partial charge in [0.25, 0.3) is 5.91 Å². The summed E-state index contributed by atoms with van der Waals surface area (Å²) in [5, 5.41) is 0. The highest BCUT2D eigenvalue weighted by Gasteiger charge is 2.24. The number of piperidine rings is 1. The van der Waals surface area contributed by atoms with E-state index < -0.39 is 0 Å². The number of halogens is 1. The highest BCUT2D eigenvalue weighted by Crippen LogP contribution is 2.20. The lowest BCUT2D eigenvalue weighted by Crippen LogP contribution is -2.41. The Bertz CT molecular complexity index is 640. The van der Waals surface area contributed by atoms with Crippen molar-refractivity contribution in [3.8, 4) is 5.75 Å². The Morgan fingerprint density at radius 1 is 1.23 bits per heavy atom. The summed E-state index contributed by atoms with van der Waals surface area (Å²) in [6.07, 6.45) is 4.72. The maximum atomic E-state index is 13.1. The van der Waals surface area contributed by atoms with Gasteiger partial charge < -0.3 is 9.64 Å². The minimum atomic E-state index is -0.304. The summed E-state index contributed by atoms with van der Waals surface area (Å²) in [6, 6.07) is 9.68. The molecule has 1 aliphatic heterocycles. The second-order valence-corrected chi connectivity index (χ2v) is 5.31. The Morgan fingerprint density at radius 2 is 2.05 bits per heavy atom. The molecule has 3 rings (SSSR count). The Morgan fingerprint density at radius 3 is 2.73 bits per heavy atom. The smallest absolute Gasteiger partial charge is 0.255 e. The summed E-state index contributed by atoms with van der Waals surface area (Å²) >= 11 is 0. The molecule has 114 valence electrons. The Balaban J connectivity index is 1.55. The highest BCUT2D eigenvalue weighted by molar-refractivity contribution is 5.93. The van der Waals surface area contributed by atoms with E-state index in [9.17, 15) is 9.18 Å². The summed E-state index contributed by atoms with van der Waals surface area (Å²) < 4.78 is 18.9. The first-order chi connectivity index (χ1) is 10.7. The van der Waals surface area contributed by atoms with Gasteiger partial charge in [-0.2, -0.15) is 0 Å². The van der Waals surface area contributed by atoms with Crippen LogP contribution in [0.3, 0.4) is 0 Å². The summed E-state index contributed by atoms with van der Waals surface area (Å²) in [5.74, 6) is 0.232. The maximum Gasteiger partial charge on any atom is 0.255 e. The van der Waals surface area contributed by atoms with Crippen LogP contribution in [0.5, 0.6) is 5.75 Å². The van der Waals surface area contributed by atoms with Gasteiger partial charge in [0.15, 0.2) is 0 Å². The zero-order chi connectivity index (χ0) is 15.4. The van der Waals surface area contributed by atoms with Crippen LogP contribution in [0.25, 0.3) is 0 Å². The van der Waals surface area contributed by atoms with Crippen LogP contribution >= 0.6 is 0 Å². The fourth-order valence-corrected chi connectivity index (χ4v) is 2.58. The topological polar surface area (TPSA) is 42.4 Å². The second-order valence-electron chi connectivity index (χ2n) is 5.31. The molecule has 0 bridgehead atoms. The average Bonchev–Trinajstić information content (AvgIpc) is 2.56. The molecular weight excluding hydrogens is 283 g/mol. The molecular formula is C17H17FN2O2. The lowest BCUT2D eigenvalue weighted by molar-refractivity contribution is 0.0595. The third-order valence-corrected chi connectivity index (χ3v) is 3.74. The lowest BCUT2D eigenvalue weighted by Gasteiger charge is -2.32. The Hall–Kier alpha value is -2.43. The van der Waals surface area contributed by atoms with Crippen molar-refractivity contribution in [2.45, 2.75) is 18.9 Å². The van der Waals surface area contributed by atoms with Gasteiger partial charge >= 0.3 is 0 Å². The van der Waals surface area contributed by atoms with E-state index in [1.165, 1.54) is 12.1 Å². The van der Waals surface area contributed by atoms with Crippen molar-refractivity contribution in [3.63, 3.8) is 0 Å². The third kappa shape index (κ3) is 3.42. The molecule has 1 amide bonds. The number of pyridine rings is 1. The van der Waals surface area contributed by atoms with Crippen LogP contribution in [0.1, 0.15) is 23.2 Å². The molecule has 1 aliphatic rings. The minimum absolute atomic E-state index is 0.00249. The van der Waals surface area contributed by atoms with Crippen molar-refractivity contribution in [1.82, 2.24) is 9.88 Å². The van der Waals surface area contributed by atoms with E-state index in [1.807, 2.05) is 4.90 Å². The van der Waals surface area contributed by atoms with Gasteiger partial charge in [-0.3, -0.25) is 9.78 Å². The van der Waals surface area contributed by atoms with Crippen molar-refractivity contribution >= 4 is 5.91 Å². The number of carbonyl (C=O) groups excluding carboxylic acids is 1. The van der Waals surface area contributed by atoms with Crippen molar-refractivity contribution in [2.75, 3.05) is 13.1 Å². The van der Waals surface area contributed by atoms with Crippen LogP contribution in [0.4, 0.5) is 4.39 Å². The van der Waals surface area contributed by atoms with E-state index in [-0.39, 0.29) is 17.8 Å². The normalized spacial score (nSPS) is 15.6. The van der Waals surface area contributed by atoms with Crippen LogP contribution in [-0.2, 0) is 0 Å². The number of likely N-dealkylation sites (tertiary alicyclic amines) is 1. The molecule has 0 unspecified atom stereocenters. The number of amides is 1. The van der Waals surface area contributed by atoms with Gasteiger partial charge in [0.1, 0.15) is 17.7 Å². The standard InChI is InChI=1S/C17H17FN2O2/c18-14-4-1-5-16(11-14)22-15-6-9-20(10-7-15)17(21)13-3-2-8-19-12-13/h1-5,8,11-12,15H,6-7,9-10H2. The van der Waals surface area contributed by atoms with Gasteiger partial charge in [-0.05, 0) is 24.3 Å². The predicted molar refractivity (Wildman–Crippen MR) is 80.2 cm³/mol. The molecule has 22 heavy (non-hydrogen) atoms. The molecule has 1 saturated heterocycles. The molecule has 0 aliphatic carbocycles. The minimum Gasteiger partial charge on any atom is -0.490 e. The van der Waals surface area contributed by atoms with Crippen LogP contribution in [0.15, 0.2) is 48.8 Å². The summed E-state index contributed by atoms with van der Waals surface area (Å²) in [5.41, 5.74) is 0.604. The van der Waals surface area contributed by atoms with E-state index in [2.05, 4.69) is 4.98 Å². The number of nitrogens with zero attached hydrogens (tertiary/aromatic N) is 2. The second kappa shape index (κ2) is 6.56. The molecule has 0 spiro atoms. The zero-order valence-corrected chi connectivity index (χ0v) is 12.1. The van der Waals surface area contributed by atoms with Crippen LogP contribution < -0.4 is 4.74 Å². The van der Waals surface area contributed by atoms with Crippen LogP contribution in [-0.4, -0.2) is 35.0 Å². The third-order valence-electron chi connectivity index (χ3n) is 3.74. The molecule has 0 atom stereocenters. The molecule has 1 fully saturated rings. The molecule has 1 aromatic heterocycles. The lowest BCUT2D eigenvalue weighted by atomic mass is 10.1. The molecule has 2 heterocycles. The van der Waals surface area contributed by atoms with E-state index >= 15 is 0 Å². The number of benzene rings is 1. The first kappa shape index (κ1) is 14.5. The average molecular weight is 300 g/mol. The van der Waals surface area contributed by atoms with Gasteiger partial charge in [-0.1, -0.05) is 6.07 Å². The maximum absolute atomic E-state index is 13.1. The van der Waals surface area contributed by atoms with Crippen molar-refractivity contribution in [1.29, 1.82) is 0 Å².